The fourth-order valence-corrected chi connectivity index (χ4v) is 3.27. The molecule has 0 radical (unpaired) electrons. The molecule has 0 aliphatic rings. The Labute approximate surface area is 129 Å². The zero-order valence-corrected chi connectivity index (χ0v) is 13.2. The van der Waals surface area contributed by atoms with E-state index in [9.17, 15) is 8.42 Å². The number of anilines is 1. The Balaban J connectivity index is 2.18. The summed E-state index contributed by atoms with van der Waals surface area (Å²) in [7, 11) is -3.56. The maximum absolute atomic E-state index is 12.2. The minimum absolute atomic E-state index is 0.157. The van der Waals surface area contributed by atoms with Gasteiger partial charge in [-0.2, -0.15) is 0 Å². The molecule has 0 bridgehead atoms. The van der Waals surface area contributed by atoms with E-state index in [4.69, 9.17) is 11.6 Å². The topological polar surface area (TPSA) is 72.0 Å². The van der Waals surface area contributed by atoms with Crippen LogP contribution in [0.5, 0.6) is 0 Å². The summed E-state index contributed by atoms with van der Waals surface area (Å²) >= 11 is 5.86. The maximum atomic E-state index is 12.2. The van der Waals surface area contributed by atoms with Gasteiger partial charge in [0.15, 0.2) is 5.82 Å². The highest BCUT2D eigenvalue weighted by Gasteiger charge is 2.15. The molecule has 0 aliphatic heterocycles. The third-order valence-corrected chi connectivity index (χ3v) is 4.21. The van der Waals surface area contributed by atoms with Gasteiger partial charge in [0.25, 0.3) is 0 Å². The van der Waals surface area contributed by atoms with Gasteiger partial charge in [-0.25, -0.2) is 13.4 Å². The quantitative estimate of drug-likeness (QED) is 0.886. The normalized spacial score (nSPS) is 11.3. The van der Waals surface area contributed by atoms with Gasteiger partial charge >= 0.3 is 0 Å². The zero-order chi connectivity index (χ0) is 15.3. The van der Waals surface area contributed by atoms with Crippen LogP contribution in [0.2, 0.25) is 5.02 Å². The van der Waals surface area contributed by atoms with Gasteiger partial charge in [-0.05, 0) is 24.1 Å². The number of benzene rings is 1. The minimum Gasteiger partial charge on any atom is -0.266 e. The number of aryl methyl sites for hydroxylation is 1. The summed E-state index contributed by atoms with van der Waals surface area (Å²) in [5.74, 6) is 0.136. The molecule has 1 aromatic carbocycles. The third-order valence-electron chi connectivity index (χ3n) is 2.76. The highest BCUT2D eigenvalue weighted by atomic mass is 35.5. The third kappa shape index (κ3) is 4.68. The summed E-state index contributed by atoms with van der Waals surface area (Å²) in [5, 5.41) is 0.508. The van der Waals surface area contributed by atoms with Crippen molar-refractivity contribution in [2.75, 3.05) is 4.72 Å². The molecule has 112 valence electrons. The van der Waals surface area contributed by atoms with Crippen molar-refractivity contribution in [3.8, 4) is 0 Å². The van der Waals surface area contributed by atoms with Gasteiger partial charge in [0.05, 0.1) is 11.4 Å². The highest BCUT2D eigenvalue weighted by Crippen LogP contribution is 2.17. The summed E-state index contributed by atoms with van der Waals surface area (Å²) in [6.07, 6.45) is 4.56. The number of rotatable bonds is 6. The van der Waals surface area contributed by atoms with Crippen LogP contribution in [-0.2, 0) is 22.2 Å². The lowest BCUT2D eigenvalue weighted by molar-refractivity contribution is 0.600. The standard InChI is InChI=1S/C14H16ClN3O2S/c1-2-4-13-14(17-8-7-16-13)18-21(19,20)10-11-5-3-6-12(15)9-11/h3,5-9H,2,4,10H2,1H3,(H,17,18). The smallest absolute Gasteiger partial charge is 0.238 e. The lowest BCUT2D eigenvalue weighted by atomic mass is 10.2. The predicted octanol–water partition coefficient (Wildman–Crippen LogP) is 3.02. The number of nitrogens with zero attached hydrogens (tertiary/aromatic N) is 2. The van der Waals surface area contributed by atoms with Crippen LogP contribution in [0.15, 0.2) is 36.7 Å². The summed E-state index contributed by atoms with van der Waals surface area (Å²) in [4.78, 5) is 8.23. The second kappa shape index (κ2) is 6.87. The highest BCUT2D eigenvalue weighted by molar-refractivity contribution is 7.91. The molecule has 5 nitrogen and oxygen atoms in total. The van der Waals surface area contributed by atoms with E-state index in [2.05, 4.69) is 14.7 Å². The van der Waals surface area contributed by atoms with Gasteiger partial charge < -0.3 is 0 Å². The molecule has 2 aromatic rings. The van der Waals surface area contributed by atoms with Gasteiger partial charge in [0.2, 0.25) is 10.0 Å². The second-order valence-corrected chi connectivity index (χ2v) is 6.75. The van der Waals surface area contributed by atoms with Crippen LogP contribution in [0.25, 0.3) is 0 Å². The predicted molar refractivity (Wildman–Crippen MR) is 83.7 cm³/mol. The first-order valence-electron chi connectivity index (χ1n) is 6.55. The van der Waals surface area contributed by atoms with Crippen LogP contribution in [0, 0.1) is 0 Å². The number of hydrogen-bond donors (Lipinski definition) is 1. The average molecular weight is 326 g/mol. The van der Waals surface area contributed by atoms with E-state index in [1.54, 1.807) is 30.5 Å². The number of hydrogen-bond acceptors (Lipinski definition) is 4. The van der Waals surface area contributed by atoms with Crippen molar-refractivity contribution >= 4 is 27.4 Å². The summed E-state index contributed by atoms with van der Waals surface area (Å²) in [5.41, 5.74) is 1.27. The molecule has 1 aromatic heterocycles. The Kier molecular flexibility index (Phi) is 5.14. The molecule has 0 spiro atoms. The van der Waals surface area contributed by atoms with Crippen LogP contribution in [0.4, 0.5) is 5.82 Å². The number of sulfonamides is 1. The summed E-state index contributed by atoms with van der Waals surface area (Å²) in [6.45, 7) is 2.00. The van der Waals surface area contributed by atoms with E-state index in [-0.39, 0.29) is 5.75 Å². The van der Waals surface area contributed by atoms with Crippen molar-refractivity contribution < 1.29 is 8.42 Å². The average Bonchev–Trinajstić information content (AvgIpc) is 2.40. The van der Waals surface area contributed by atoms with E-state index in [1.807, 2.05) is 6.92 Å². The largest absolute Gasteiger partial charge is 0.266 e. The minimum atomic E-state index is -3.56. The van der Waals surface area contributed by atoms with Crippen molar-refractivity contribution in [1.82, 2.24) is 9.97 Å². The molecule has 0 aliphatic carbocycles. The molecule has 0 atom stereocenters. The Hall–Kier alpha value is -1.66. The molecule has 0 amide bonds. The van der Waals surface area contributed by atoms with E-state index in [0.29, 0.717) is 28.5 Å². The van der Waals surface area contributed by atoms with Gasteiger partial charge in [-0.15, -0.1) is 0 Å². The monoisotopic (exact) mass is 325 g/mol. The molecular formula is C14H16ClN3O2S. The molecule has 1 heterocycles. The van der Waals surface area contributed by atoms with Crippen LogP contribution >= 0.6 is 11.6 Å². The van der Waals surface area contributed by atoms with Gasteiger partial charge in [0.1, 0.15) is 0 Å². The van der Waals surface area contributed by atoms with Crippen LogP contribution in [0.1, 0.15) is 24.6 Å². The van der Waals surface area contributed by atoms with Crippen molar-refractivity contribution in [2.24, 2.45) is 0 Å². The summed E-state index contributed by atoms with van der Waals surface area (Å²) in [6, 6.07) is 6.77. The van der Waals surface area contributed by atoms with Crippen LogP contribution in [-0.4, -0.2) is 18.4 Å². The lowest BCUT2D eigenvalue weighted by Gasteiger charge is -2.10. The molecule has 0 fully saturated rings. The van der Waals surface area contributed by atoms with Crippen molar-refractivity contribution in [1.29, 1.82) is 0 Å². The Morgan fingerprint density at radius 3 is 2.71 bits per heavy atom. The fraction of sp³-hybridized carbons (Fsp3) is 0.286. The maximum Gasteiger partial charge on any atom is 0.238 e. The van der Waals surface area contributed by atoms with Crippen LogP contribution < -0.4 is 4.72 Å². The molecule has 0 saturated heterocycles. The Morgan fingerprint density at radius 2 is 2.00 bits per heavy atom. The van der Waals surface area contributed by atoms with Gasteiger partial charge in [0, 0.05) is 17.4 Å². The Bertz CT molecular complexity index is 720. The Morgan fingerprint density at radius 1 is 1.24 bits per heavy atom. The van der Waals surface area contributed by atoms with E-state index < -0.39 is 10.0 Å². The zero-order valence-electron chi connectivity index (χ0n) is 11.6. The number of aromatic nitrogens is 2. The fourth-order valence-electron chi connectivity index (χ4n) is 1.90. The van der Waals surface area contributed by atoms with E-state index in [0.717, 1.165) is 6.42 Å². The molecule has 21 heavy (non-hydrogen) atoms. The SMILES string of the molecule is CCCc1nccnc1NS(=O)(=O)Cc1cccc(Cl)c1. The number of halogens is 1. The van der Waals surface area contributed by atoms with Gasteiger partial charge in [-0.3, -0.25) is 9.71 Å². The number of nitrogens with one attached hydrogen (secondary N) is 1. The van der Waals surface area contributed by atoms with E-state index in [1.165, 1.54) is 6.20 Å². The summed E-state index contributed by atoms with van der Waals surface area (Å²) < 4.78 is 26.9. The van der Waals surface area contributed by atoms with Gasteiger partial charge in [-0.1, -0.05) is 37.1 Å². The molecular weight excluding hydrogens is 310 g/mol. The molecule has 7 heteroatoms. The molecule has 1 N–H and O–H groups in total. The van der Waals surface area contributed by atoms with Crippen molar-refractivity contribution in [3.63, 3.8) is 0 Å². The lowest BCUT2D eigenvalue weighted by Crippen LogP contribution is -2.17. The first kappa shape index (κ1) is 15.7. The molecule has 0 unspecified atom stereocenters. The van der Waals surface area contributed by atoms with Crippen LogP contribution in [0.3, 0.4) is 0 Å². The first-order chi connectivity index (χ1) is 10.00. The second-order valence-electron chi connectivity index (χ2n) is 4.59. The molecule has 2 rings (SSSR count). The van der Waals surface area contributed by atoms with Crippen molar-refractivity contribution in [3.05, 3.63) is 52.9 Å². The van der Waals surface area contributed by atoms with E-state index >= 15 is 0 Å². The molecule has 0 saturated carbocycles. The van der Waals surface area contributed by atoms with Crippen molar-refractivity contribution in [2.45, 2.75) is 25.5 Å². The first-order valence-corrected chi connectivity index (χ1v) is 8.58.